The van der Waals surface area contributed by atoms with E-state index in [1.54, 1.807) is 18.2 Å². The van der Waals surface area contributed by atoms with Crippen molar-refractivity contribution < 1.29 is 33.3 Å². The number of amides is 1. The Balaban J connectivity index is 1.97. The molecule has 0 spiro atoms. The van der Waals surface area contributed by atoms with E-state index in [0.29, 0.717) is 18.4 Å². The molecule has 0 radical (unpaired) electrons. The second-order valence-electron chi connectivity index (χ2n) is 9.75. The van der Waals surface area contributed by atoms with Crippen LogP contribution in [0.3, 0.4) is 0 Å². The van der Waals surface area contributed by atoms with Crippen LogP contribution in [0.2, 0.25) is 0 Å². The number of anilines is 1. The summed E-state index contributed by atoms with van der Waals surface area (Å²) in [5, 5.41) is 21.5. The molecule has 6 nitrogen and oxygen atoms in total. The Morgan fingerprint density at radius 2 is 1.76 bits per heavy atom. The molecule has 8 heteroatoms. The average Bonchev–Trinajstić information content (AvgIpc) is 3.09. The minimum absolute atomic E-state index is 0.154. The number of aliphatic hydroxyl groups is 1. The second kappa shape index (κ2) is 9.69. The van der Waals surface area contributed by atoms with E-state index in [-0.39, 0.29) is 33.6 Å². The Morgan fingerprint density at radius 3 is 2.38 bits per heavy atom. The highest BCUT2D eigenvalue weighted by molar-refractivity contribution is 6.51. The second-order valence-corrected chi connectivity index (χ2v) is 9.75. The molecule has 3 aromatic carbocycles. The molecular weight excluding hydrogens is 480 g/mol. The number of halogens is 2. The molecule has 0 aromatic heterocycles. The zero-order valence-electron chi connectivity index (χ0n) is 20.9. The normalized spacial score (nSPS) is 17.4. The van der Waals surface area contributed by atoms with Crippen LogP contribution in [0, 0.1) is 11.6 Å². The summed E-state index contributed by atoms with van der Waals surface area (Å²) in [6.07, 6.45) is 0. The molecule has 4 rings (SSSR count). The lowest BCUT2D eigenvalue weighted by molar-refractivity contribution is -0.132. The smallest absolute Gasteiger partial charge is 0.300 e. The number of nitrogens with zero attached hydrogens (tertiary/aromatic N) is 1. The molecule has 0 aliphatic carbocycles. The van der Waals surface area contributed by atoms with E-state index in [4.69, 9.17) is 4.74 Å². The number of ether oxygens (including phenoxy) is 1. The number of Topliss-reactive ketones (excluding diaryl/α,β-unsaturated/α-hetero) is 1. The van der Waals surface area contributed by atoms with Gasteiger partial charge >= 0.3 is 0 Å². The summed E-state index contributed by atoms with van der Waals surface area (Å²) in [5.41, 5.74) is 0.282. The number of carbonyl (C=O) groups excluding carboxylic acids is 2. The number of hydrogen-bond acceptors (Lipinski definition) is 5. The first-order valence-electron chi connectivity index (χ1n) is 11.8. The fourth-order valence-corrected chi connectivity index (χ4v) is 4.47. The van der Waals surface area contributed by atoms with Crippen molar-refractivity contribution >= 4 is 23.1 Å². The first-order valence-corrected chi connectivity index (χ1v) is 11.8. The van der Waals surface area contributed by atoms with Gasteiger partial charge in [-0.25, -0.2) is 8.78 Å². The van der Waals surface area contributed by atoms with Crippen LogP contribution in [-0.2, 0) is 15.0 Å². The number of aromatic hydroxyl groups is 1. The van der Waals surface area contributed by atoms with E-state index >= 15 is 0 Å². The lowest BCUT2D eigenvalue weighted by Gasteiger charge is -2.26. The first kappa shape index (κ1) is 25.9. The van der Waals surface area contributed by atoms with Gasteiger partial charge in [0.15, 0.2) is 0 Å². The number of phenolic OH excluding ortho intramolecular Hbond substituents is 1. The number of rotatable bonds is 5. The van der Waals surface area contributed by atoms with Crippen molar-refractivity contribution in [3.8, 4) is 11.5 Å². The van der Waals surface area contributed by atoms with Crippen molar-refractivity contribution in [2.75, 3.05) is 11.5 Å². The summed E-state index contributed by atoms with van der Waals surface area (Å²) >= 11 is 0. The van der Waals surface area contributed by atoms with Gasteiger partial charge in [0, 0.05) is 17.2 Å². The van der Waals surface area contributed by atoms with Crippen LogP contribution in [0.1, 0.15) is 50.4 Å². The van der Waals surface area contributed by atoms with Crippen LogP contribution in [0.25, 0.3) is 5.76 Å². The minimum Gasteiger partial charge on any atom is -0.508 e. The van der Waals surface area contributed by atoms with Gasteiger partial charge < -0.3 is 14.9 Å². The van der Waals surface area contributed by atoms with Gasteiger partial charge in [0.25, 0.3) is 11.7 Å². The molecule has 0 bridgehead atoms. The Kier molecular flexibility index (Phi) is 6.78. The molecule has 1 unspecified atom stereocenters. The zero-order valence-corrected chi connectivity index (χ0v) is 20.9. The van der Waals surface area contributed by atoms with Gasteiger partial charge in [-0.1, -0.05) is 32.9 Å². The molecule has 1 amide bonds. The number of aliphatic hydroxyl groups excluding tert-OH is 1. The third kappa shape index (κ3) is 4.79. The highest BCUT2D eigenvalue weighted by atomic mass is 19.1. The lowest BCUT2D eigenvalue weighted by atomic mass is 9.84. The number of hydrogen-bond donors (Lipinski definition) is 2. The summed E-state index contributed by atoms with van der Waals surface area (Å²) in [4.78, 5) is 27.4. The van der Waals surface area contributed by atoms with Crippen molar-refractivity contribution in [2.24, 2.45) is 0 Å². The Morgan fingerprint density at radius 1 is 1.03 bits per heavy atom. The highest BCUT2D eigenvalue weighted by Crippen LogP contribution is 2.44. The summed E-state index contributed by atoms with van der Waals surface area (Å²) in [7, 11) is 0. The molecular formula is C29H27F2NO5. The van der Waals surface area contributed by atoms with Gasteiger partial charge in [0.05, 0.1) is 23.9 Å². The molecule has 1 saturated heterocycles. The minimum atomic E-state index is -1.28. The predicted molar refractivity (Wildman–Crippen MR) is 136 cm³/mol. The monoisotopic (exact) mass is 507 g/mol. The van der Waals surface area contributed by atoms with Crippen LogP contribution < -0.4 is 9.64 Å². The standard InChI is InChI=1S/C29H27F2NO5/c1-5-37-23-12-9-17(14-20(23)29(2,3)4)26(34)24-25(16-7-6-8-19(33)13-16)32(28(36)27(24)35)22-11-10-18(30)15-21(22)31/h6-15,25,33-34H,5H2,1-4H3/b26-24-. The Bertz CT molecular complexity index is 1420. The molecule has 37 heavy (non-hydrogen) atoms. The predicted octanol–water partition coefficient (Wildman–Crippen LogP) is 5.99. The molecule has 192 valence electrons. The van der Waals surface area contributed by atoms with E-state index in [1.165, 1.54) is 24.3 Å². The van der Waals surface area contributed by atoms with Crippen LogP contribution in [-0.4, -0.2) is 28.5 Å². The largest absolute Gasteiger partial charge is 0.508 e. The van der Waals surface area contributed by atoms with E-state index in [9.17, 15) is 28.6 Å². The van der Waals surface area contributed by atoms with Gasteiger partial charge in [0.1, 0.15) is 28.9 Å². The van der Waals surface area contributed by atoms with Gasteiger partial charge in [-0.3, -0.25) is 14.5 Å². The van der Waals surface area contributed by atoms with Crippen molar-refractivity contribution in [2.45, 2.75) is 39.2 Å². The van der Waals surface area contributed by atoms with E-state index in [1.807, 2.05) is 27.7 Å². The molecule has 1 atom stereocenters. The van der Waals surface area contributed by atoms with Crippen molar-refractivity contribution in [1.82, 2.24) is 0 Å². The maximum atomic E-state index is 14.8. The SMILES string of the molecule is CCOc1ccc(/C(O)=C2/C(=O)C(=O)N(c3ccc(F)cc3F)C2c2cccc(O)c2)cc1C(C)(C)C. The summed E-state index contributed by atoms with van der Waals surface area (Å²) in [6.45, 7) is 8.19. The molecule has 0 saturated carbocycles. The number of phenols is 1. The number of carbonyl (C=O) groups is 2. The number of benzene rings is 3. The topological polar surface area (TPSA) is 87.1 Å². The van der Waals surface area contributed by atoms with Crippen LogP contribution >= 0.6 is 0 Å². The van der Waals surface area contributed by atoms with Gasteiger partial charge in [-0.2, -0.15) is 0 Å². The van der Waals surface area contributed by atoms with Gasteiger partial charge in [-0.15, -0.1) is 0 Å². The van der Waals surface area contributed by atoms with Crippen molar-refractivity contribution in [1.29, 1.82) is 0 Å². The summed E-state index contributed by atoms with van der Waals surface area (Å²) in [5.74, 6) is -4.05. The third-order valence-electron chi connectivity index (χ3n) is 6.16. The molecule has 1 aliphatic rings. The van der Waals surface area contributed by atoms with E-state index < -0.39 is 35.1 Å². The molecule has 2 N–H and O–H groups in total. The maximum Gasteiger partial charge on any atom is 0.300 e. The van der Waals surface area contributed by atoms with Crippen molar-refractivity contribution in [3.05, 3.63) is 94.6 Å². The van der Waals surface area contributed by atoms with Crippen LogP contribution in [0.15, 0.2) is 66.2 Å². The van der Waals surface area contributed by atoms with Crippen molar-refractivity contribution in [3.63, 3.8) is 0 Å². The Labute approximate surface area is 213 Å². The number of ketones is 1. The third-order valence-corrected chi connectivity index (χ3v) is 6.16. The molecule has 1 fully saturated rings. The average molecular weight is 508 g/mol. The quantitative estimate of drug-likeness (QED) is 0.252. The van der Waals surface area contributed by atoms with Crippen LogP contribution in [0.5, 0.6) is 11.5 Å². The van der Waals surface area contributed by atoms with Gasteiger partial charge in [0.2, 0.25) is 0 Å². The first-order chi connectivity index (χ1) is 17.4. The fraction of sp³-hybridized carbons (Fsp3) is 0.241. The fourth-order valence-electron chi connectivity index (χ4n) is 4.47. The van der Waals surface area contributed by atoms with Gasteiger partial charge in [-0.05, 0) is 60.4 Å². The summed E-state index contributed by atoms with van der Waals surface area (Å²) < 4.78 is 34.2. The Hall–Kier alpha value is -4.20. The lowest BCUT2D eigenvalue weighted by Crippen LogP contribution is -2.30. The summed E-state index contributed by atoms with van der Waals surface area (Å²) in [6, 6.07) is 12.0. The highest BCUT2D eigenvalue weighted by Gasteiger charge is 2.48. The molecule has 1 aliphatic heterocycles. The molecule has 1 heterocycles. The zero-order chi connectivity index (χ0) is 27.1. The van der Waals surface area contributed by atoms with E-state index in [2.05, 4.69) is 0 Å². The van der Waals surface area contributed by atoms with E-state index in [0.717, 1.165) is 22.6 Å². The molecule has 3 aromatic rings. The maximum absolute atomic E-state index is 14.8. The van der Waals surface area contributed by atoms with Crippen LogP contribution in [0.4, 0.5) is 14.5 Å².